The Morgan fingerprint density at radius 1 is 1.07 bits per heavy atom. The molecule has 14 heavy (non-hydrogen) atoms. The third kappa shape index (κ3) is 4.47. The molecule has 1 heterocycles. The Hall–Kier alpha value is -0.0151. The zero-order valence-electron chi connectivity index (χ0n) is 10.00. The fourth-order valence-electron chi connectivity index (χ4n) is 1.92. The Labute approximate surface area is 89.9 Å². The highest BCUT2D eigenvalue weighted by molar-refractivity contribution is 6.37. The maximum Gasteiger partial charge on any atom is 0.114 e. The van der Waals surface area contributed by atoms with Crippen LogP contribution in [0.5, 0.6) is 0 Å². The second kappa shape index (κ2) is 6.47. The van der Waals surface area contributed by atoms with Crippen LogP contribution in [0.2, 0.25) is 12.1 Å². The van der Waals surface area contributed by atoms with Crippen molar-refractivity contribution in [3.63, 3.8) is 0 Å². The van der Waals surface area contributed by atoms with Crippen molar-refractivity contribution in [2.45, 2.75) is 32.9 Å². The minimum atomic E-state index is 0.743. The van der Waals surface area contributed by atoms with Gasteiger partial charge in [0.05, 0.1) is 0 Å². The van der Waals surface area contributed by atoms with Gasteiger partial charge in [0.1, 0.15) is 7.28 Å². The zero-order valence-corrected chi connectivity index (χ0v) is 10.00. The SMILES string of the molecule is CCN1CCN(CC[B]C(C)C)CC1. The molecule has 0 aromatic carbocycles. The Morgan fingerprint density at radius 2 is 1.64 bits per heavy atom. The van der Waals surface area contributed by atoms with E-state index < -0.39 is 0 Å². The maximum atomic E-state index is 2.59. The number of piperazine rings is 1. The van der Waals surface area contributed by atoms with E-state index in [1.54, 1.807) is 0 Å². The van der Waals surface area contributed by atoms with Gasteiger partial charge in [0.25, 0.3) is 0 Å². The van der Waals surface area contributed by atoms with Crippen LogP contribution in [0.15, 0.2) is 0 Å². The van der Waals surface area contributed by atoms with Gasteiger partial charge in [0, 0.05) is 26.2 Å². The second-order valence-electron chi connectivity index (χ2n) is 4.54. The number of hydrogen-bond acceptors (Lipinski definition) is 2. The highest BCUT2D eigenvalue weighted by atomic mass is 15.2. The lowest BCUT2D eigenvalue weighted by Crippen LogP contribution is -2.46. The molecule has 0 spiro atoms. The largest absolute Gasteiger partial charge is 0.301 e. The number of nitrogens with zero attached hydrogens (tertiary/aromatic N) is 2. The summed E-state index contributed by atoms with van der Waals surface area (Å²) in [6.45, 7) is 14.3. The first-order chi connectivity index (χ1) is 6.72. The van der Waals surface area contributed by atoms with E-state index in [2.05, 4.69) is 37.9 Å². The average molecular weight is 195 g/mol. The molecular formula is C11H24BN2. The lowest BCUT2D eigenvalue weighted by atomic mass is 9.63. The van der Waals surface area contributed by atoms with Crippen LogP contribution in [0.4, 0.5) is 0 Å². The Morgan fingerprint density at radius 3 is 2.14 bits per heavy atom. The van der Waals surface area contributed by atoms with E-state index in [1.807, 2.05) is 0 Å². The summed E-state index contributed by atoms with van der Waals surface area (Å²) >= 11 is 0. The van der Waals surface area contributed by atoms with Crippen molar-refractivity contribution in [3.05, 3.63) is 0 Å². The molecule has 0 saturated carbocycles. The molecule has 1 aliphatic heterocycles. The maximum absolute atomic E-state index is 2.59. The molecule has 0 atom stereocenters. The van der Waals surface area contributed by atoms with Gasteiger partial charge in [-0.25, -0.2) is 0 Å². The minimum Gasteiger partial charge on any atom is -0.301 e. The summed E-state index contributed by atoms with van der Waals surface area (Å²) in [6, 6.07) is 0. The van der Waals surface area contributed by atoms with E-state index in [9.17, 15) is 0 Å². The molecular weight excluding hydrogens is 171 g/mol. The van der Waals surface area contributed by atoms with E-state index in [1.165, 1.54) is 45.6 Å². The minimum absolute atomic E-state index is 0.743. The van der Waals surface area contributed by atoms with E-state index in [-0.39, 0.29) is 0 Å². The average Bonchev–Trinajstić information content (AvgIpc) is 2.18. The van der Waals surface area contributed by atoms with Crippen LogP contribution in [0.3, 0.4) is 0 Å². The van der Waals surface area contributed by atoms with Gasteiger partial charge < -0.3 is 9.80 Å². The van der Waals surface area contributed by atoms with Gasteiger partial charge in [-0.05, 0) is 13.1 Å². The third-order valence-corrected chi connectivity index (χ3v) is 3.00. The summed E-state index contributed by atoms with van der Waals surface area (Å²) in [4.78, 5) is 5.12. The Bertz CT molecular complexity index is 142. The summed E-state index contributed by atoms with van der Waals surface area (Å²) in [7, 11) is 2.42. The molecule has 0 bridgehead atoms. The standard InChI is InChI=1S/C11H24BN2/c1-4-13-7-9-14(10-8-13)6-5-12-11(2)3/h11H,4-10H2,1-3H3. The smallest absolute Gasteiger partial charge is 0.114 e. The van der Waals surface area contributed by atoms with Gasteiger partial charge >= 0.3 is 0 Å². The molecule has 0 amide bonds. The predicted octanol–water partition coefficient (Wildman–Crippen LogP) is 1.57. The fraction of sp³-hybridized carbons (Fsp3) is 1.00. The van der Waals surface area contributed by atoms with Gasteiger partial charge in [-0.2, -0.15) is 0 Å². The highest BCUT2D eigenvalue weighted by Crippen LogP contribution is 2.05. The first-order valence-electron chi connectivity index (χ1n) is 6.00. The lowest BCUT2D eigenvalue weighted by Gasteiger charge is -2.34. The molecule has 81 valence electrons. The van der Waals surface area contributed by atoms with Crippen LogP contribution in [0.25, 0.3) is 0 Å². The van der Waals surface area contributed by atoms with Crippen LogP contribution in [0.1, 0.15) is 20.8 Å². The first-order valence-corrected chi connectivity index (χ1v) is 6.00. The van der Waals surface area contributed by atoms with Crippen molar-refractivity contribution in [2.24, 2.45) is 0 Å². The highest BCUT2D eigenvalue weighted by Gasteiger charge is 2.14. The fourth-order valence-corrected chi connectivity index (χ4v) is 1.92. The molecule has 2 nitrogen and oxygen atoms in total. The molecule has 1 aliphatic rings. The van der Waals surface area contributed by atoms with Gasteiger partial charge in [0.2, 0.25) is 0 Å². The lowest BCUT2D eigenvalue weighted by molar-refractivity contribution is 0.142. The monoisotopic (exact) mass is 195 g/mol. The summed E-state index contributed by atoms with van der Waals surface area (Å²) in [5.74, 6) is 0.743. The zero-order chi connectivity index (χ0) is 10.4. The van der Waals surface area contributed by atoms with Gasteiger partial charge in [0.15, 0.2) is 0 Å². The van der Waals surface area contributed by atoms with Crippen molar-refractivity contribution < 1.29 is 0 Å². The van der Waals surface area contributed by atoms with Crippen LogP contribution < -0.4 is 0 Å². The molecule has 1 saturated heterocycles. The van der Waals surface area contributed by atoms with E-state index in [4.69, 9.17) is 0 Å². The van der Waals surface area contributed by atoms with Gasteiger partial charge in [-0.3, -0.25) is 0 Å². The summed E-state index contributed by atoms with van der Waals surface area (Å²) in [5.41, 5.74) is 0. The van der Waals surface area contributed by atoms with Crippen molar-refractivity contribution >= 4 is 7.28 Å². The van der Waals surface area contributed by atoms with Gasteiger partial charge in [-0.15, -0.1) is 0 Å². The molecule has 1 rings (SSSR count). The van der Waals surface area contributed by atoms with E-state index in [0.717, 1.165) is 5.82 Å². The molecule has 0 aliphatic carbocycles. The predicted molar refractivity (Wildman–Crippen MR) is 64.2 cm³/mol. The molecule has 0 aromatic rings. The van der Waals surface area contributed by atoms with Crippen LogP contribution in [0, 0.1) is 0 Å². The van der Waals surface area contributed by atoms with E-state index in [0.29, 0.717) is 0 Å². The first kappa shape index (κ1) is 12.1. The van der Waals surface area contributed by atoms with Crippen LogP contribution in [-0.2, 0) is 0 Å². The molecule has 0 N–H and O–H groups in total. The van der Waals surface area contributed by atoms with Crippen molar-refractivity contribution in [3.8, 4) is 0 Å². The molecule has 3 heteroatoms. The van der Waals surface area contributed by atoms with Crippen molar-refractivity contribution in [2.75, 3.05) is 39.3 Å². The third-order valence-electron chi connectivity index (χ3n) is 3.00. The summed E-state index contributed by atoms with van der Waals surface area (Å²) < 4.78 is 0. The topological polar surface area (TPSA) is 6.48 Å². The van der Waals surface area contributed by atoms with Crippen LogP contribution >= 0.6 is 0 Å². The number of rotatable bonds is 5. The summed E-state index contributed by atoms with van der Waals surface area (Å²) in [5, 5.41) is 0. The van der Waals surface area contributed by atoms with Crippen molar-refractivity contribution in [1.82, 2.24) is 9.80 Å². The quantitative estimate of drug-likeness (QED) is 0.614. The normalized spacial score (nSPS) is 20.3. The molecule has 0 unspecified atom stereocenters. The van der Waals surface area contributed by atoms with Crippen molar-refractivity contribution in [1.29, 1.82) is 0 Å². The Balaban J connectivity index is 2.04. The summed E-state index contributed by atoms with van der Waals surface area (Å²) in [6.07, 6.45) is 1.25. The molecule has 1 radical (unpaired) electrons. The van der Waals surface area contributed by atoms with Crippen LogP contribution in [-0.4, -0.2) is 56.3 Å². The number of likely N-dealkylation sites (N-methyl/N-ethyl adjacent to an activating group) is 1. The number of hydrogen-bond donors (Lipinski definition) is 0. The Kier molecular flexibility index (Phi) is 5.57. The van der Waals surface area contributed by atoms with E-state index >= 15 is 0 Å². The molecule has 1 fully saturated rings. The second-order valence-corrected chi connectivity index (χ2v) is 4.54. The van der Waals surface area contributed by atoms with Gasteiger partial charge in [-0.1, -0.05) is 32.9 Å². The molecule has 0 aromatic heterocycles.